The van der Waals surface area contributed by atoms with E-state index in [2.05, 4.69) is 10.4 Å². The molecule has 88 valence electrons. The fraction of sp³-hybridized carbons (Fsp3) is 0.0909. The second-order valence-electron chi connectivity index (χ2n) is 3.50. The zero-order chi connectivity index (χ0) is 12.4. The molecule has 1 aromatic carbocycles. The number of aryl methyl sites for hydroxylation is 1. The van der Waals surface area contributed by atoms with Gasteiger partial charge in [-0.3, -0.25) is 9.48 Å². The maximum absolute atomic E-state index is 12.0. The van der Waals surface area contributed by atoms with Crippen LogP contribution in [0.15, 0.2) is 30.5 Å². The molecule has 0 saturated carbocycles. The number of carbonyl (C=O) groups excluding carboxylic acids is 1. The molecule has 0 saturated heterocycles. The maximum Gasteiger partial charge on any atom is 0.260 e. The lowest BCUT2D eigenvalue weighted by Crippen LogP contribution is -2.16. The zero-order valence-electron chi connectivity index (χ0n) is 9.14. The maximum atomic E-state index is 12.0. The van der Waals surface area contributed by atoms with E-state index in [1.165, 1.54) is 0 Å². The van der Waals surface area contributed by atoms with Gasteiger partial charge in [0.25, 0.3) is 5.91 Å². The third-order valence-electron chi connectivity index (χ3n) is 2.34. The molecule has 0 aliphatic carbocycles. The lowest BCUT2D eigenvalue weighted by atomic mass is 10.1. The number of nitrogen functional groups attached to an aromatic ring is 1. The Hall–Kier alpha value is -2.01. The minimum atomic E-state index is -0.350. The van der Waals surface area contributed by atoms with Crippen molar-refractivity contribution in [2.45, 2.75) is 0 Å². The van der Waals surface area contributed by atoms with E-state index in [9.17, 15) is 4.79 Å². The highest BCUT2D eigenvalue weighted by Crippen LogP contribution is 2.22. The molecule has 1 aromatic heterocycles. The quantitative estimate of drug-likeness (QED) is 0.800. The molecule has 0 atom stereocenters. The molecule has 0 spiro atoms. The molecule has 6 heteroatoms. The van der Waals surface area contributed by atoms with Gasteiger partial charge >= 0.3 is 0 Å². The average Bonchev–Trinajstić information content (AvgIpc) is 2.64. The fourth-order valence-corrected chi connectivity index (χ4v) is 1.72. The Morgan fingerprint density at radius 2 is 2.24 bits per heavy atom. The summed E-state index contributed by atoms with van der Waals surface area (Å²) >= 11 is 5.94. The van der Waals surface area contributed by atoms with Crippen LogP contribution in [0.4, 0.5) is 11.5 Å². The van der Waals surface area contributed by atoms with Crippen LogP contribution in [-0.4, -0.2) is 15.7 Å². The summed E-state index contributed by atoms with van der Waals surface area (Å²) in [4.78, 5) is 12.0. The molecular formula is C11H11ClN4O. The number of hydrogen-bond donors (Lipinski definition) is 2. The van der Waals surface area contributed by atoms with Crippen LogP contribution in [0.5, 0.6) is 0 Å². The normalized spacial score (nSPS) is 10.2. The molecule has 0 unspecified atom stereocenters. The minimum absolute atomic E-state index is 0.273. The van der Waals surface area contributed by atoms with Gasteiger partial charge in [-0.15, -0.1) is 0 Å². The highest BCUT2D eigenvalue weighted by molar-refractivity contribution is 6.35. The van der Waals surface area contributed by atoms with Crippen molar-refractivity contribution in [3.63, 3.8) is 0 Å². The lowest BCUT2D eigenvalue weighted by molar-refractivity contribution is 0.102. The molecule has 0 aliphatic heterocycles. The fourth-order valence-electron chi connectivity index (χ4n) is 1.46. The van der Waals surface area contributed by atoms with Crippen molar-refractivity contribution < 1.29 is 4.79 Å². The monoisotopic (exact) mass is 250 g/mol. The van der Waals surface area contributed by atoms with E-state index >= 15 is 0 Å². The van der Waals surface area contributed by atoms with Gasteiger partial charge < -0.3 is 11.1 Å². The lowest BCUT2D eigenvalue weighted by Gasteiger charge is -2.08. The molecule has 17 heavy (non-hydrogen) atoms. The van der Waals surface area contributed by atoms with Gasteiger partial charge in [-0.25, -0.2) is 0 Å². The van der Waals surface area contributed by atoms with Crippen LogP contribution in [0.3, 0.4) is 0 Å². The summed E-state index contributed by atoms with van der Waals surface area (Å²) in [6, 6.07) is 6.63. The number of nitrogens with one attached hydrogen (secondary N) is 1. The van der Waals surface area contributed by atoms with Gasteiger partial charge in [0.2, 0.25) is 0 Å². The first-order valence-electron chi connectivity index (χ1n) is 4.93. The van der Waals surface area contributed by atoms with Crippen molar-refractivity contribution >= 4 is 29.0 Å². The van der Waals surface area contributed by atoms with E-state index in [0.717, 1.165) is 0 Å². The summed E-state index contributed by atoms with van der Waals surface area (Å²) < 4.78 is 1.55. The van der Waals surface area contributed by atoms with Crippen LogP contribution in [0.25, 0.3) is 0 Å². The third-order valence-corrected chi connectivity index (χ3v) is 2.65. The smallest absolute Gasteiger partial charge is 0.260 e. The second-order valence-corrected chi connectivity index (χ2v) is 3.91. The van der Waals surface area contributed by atoms with E-state index in [4.69, 9.17) is 17.3 Å². The molecule has 1 amide bonds. The number of anilines is 2. The number of nitrogens with zero attached hydrogens (tertiary/aromatic N) is 2. The molecule has 2 rings (SSSR count). The molecule has 0 bridgehead atoms. The number of amides is 1. The summed E-state index contributed by atoms with van der Waals surface area (Å²) in [5.74, 6) is 0.228. The third kappa shape index (κ3) is 2.24. The van der Waals surface area contributed by atoms with Crippen molar-refractivity contribution in [2.24, 2.45) is 7.05 Å². The van der Waals surface area contributed by atoms with Gasteiger partial charge in [-0.2, -0.15) is 5.10 Å². The molecule has 5 nitrogen and oxygen atoms in total. The van der Waals surface area contributed by atoms with E-state index in [0.29, 0.717) is 16.5 Å². The van der Waals surface area contributed by atoms with Gasteiger partial charge in [-0.1, -0.05) is 17.7 Å². The highest BCUT2D eigenvalue weighted by atomic mass is 35.5. The Morgan fingerprint density at radius 3 is 2.82 bits per heavy atom. The van der Waals surface area contributed by atoms with Crippen molar-refractivity contribution in [2.75, 3.05) is 11.1 Å². The van der Waals surface area contributed by atoms with Gasteiger partial charge in [0.05, 0.1) is 16.8 Å². The Bertz CT molecular complexity index is 544. The van der Waals surface area contributed by atoms with Gasteiger partial charge in [0, 0.05) is 18.8 Å². The number of nitrogens with two attached hydrogens (primary N) is 1. The van der Waals surface area contributed by atoms with E-state index in [1.807, 2.05) is 0 Å². The molecule has 3 N–H and O–H groups in total. The molecule has 0 fully saturated rings. The van der Waals surface area contributed by atoms with Crippen molar-refractivity contribution in [1.29, 1.82) is 0 Å². The largest absolute Gasteiger partial charge is 0.398 e. The summed E-state index contributed by atoms with van der Waals surface area (Å²) in [5, 5.41) is 6.95. The molecule has 0 aliphatic rings. The summed E-state index contributed by atoms with van der Waals surface area (Å²) in [6.45, 7) is 0. The SMILES string of the molecule is Cn1nccc1NC(=O)c1c(N)cccc1Cl. The van der Waals surface area contributed by atoms with Crippen molar-refractivity contribution in [3.05, 3.63) is 41.0 Å². The summed E-state index contributed by atoms with van der Waals surface area (Å²) in [7, 11) is 1.73. The van der Waals surface area contributed by atoms with Crippen LogP contribution in [0.1, 0.15) is 10.4 Å². The van der Waals surface area contributed by atoms with Gasteiger partial charge in [0.1, 0.15) is 5.82 Å². The second kappa shape index (κ2) is 4.47. The predicted molar refractivity (Wildman–Crippen MR) is 67.0 cm³/mol. The Kier molecular flexibility index (Phi) is 3.01. The van der Waals surface area contributed by atoms with Gasteiger partial charge in [0.15, 0.2) is 0 Å². The highest BCUT2D eigenvalue weighted by Gasteiger charge is 2.14. The number of halogens is 1. The first kappa shape index (κ1) is 11.5. The topological polar surface area (TPSA) is 72.9 Å². The molecule has 2 aromatic rings. The first-order chi connectivity index (χ1) is 8.09. The Morgan fingerprint density at radius 1 is 1.47 bits per heavy atom. The number of rotatable bonds is 2. The van der Waals surface area contributed by atoms with Crippen LogP contribution < -0.4 is 11.1 Å². The van der Waals surface area contributed by atoms with E-state index < -0.39 is 0 Å². The average molecular weight is 251 g/mol. The van der Waals surface area contributed by atoms with E-state index in [-0.39, 0.29) is 11.5 Å². The standard InChI is InChI=1S/C11H11ClN4O/c1-16-9(5-6-14-16)15-11(17)10-7(12)3-2-4-8(10)13/h2-6H,13H2,1H3,(H,15,17). The van der Waals surface area contributed by atoms with Gasteiger partial charge in [-0.05, 0) is 12.1 Å². The Balaban J connectivity index is 2.30. The molecule has 0 radical (unpaired) electrons. The molecule has 1 heterocycles. The number of aromatic nitrogens is 2. The Labute approximate surface area is 103 Å². The number of benzene rings is 1. The van der Waals surface area contributed by atoms with Crippen molar-refractivity contribution in [1.82, 2.24) is 9.78 Å². The van der Waals surface area contributed by atoms with Crippen LogP contribution in [-0.2, 0) is 7.05 Å². The molecular weight excluding hydrogens is 240 g/mol. The minimum Gasteiger partial charge on any atom is -0.398 e. The predicted octanol–water partition coefficient (Wildman–Crippen LogP) is 1.91. The zero-order valence-corrected chi connectivity index (χ0v) is 9.90. The van der Waals surface area contributed by atoms with Crippen LogP contribution >= 0.6 is 11.6 Å². The van der Waals surface area contributed by atoms with Crippen molar-refractivity contribution in [3.8, 4) is 0 Å². The summed E-state index contributed by atoms with van der Waals surface area (Å²) in [6.07, 6.45) is 1.59. The van der Waals surface area contributed by atoms with E-state index in [1.54, 1.807) is 42.2 Å². The first-order valence-corrected chi connectivity index (χ1v) is 5.30. The number of carbonyl (C=O) groups is 1. The van der Waals surface area contributed by atoms with Crippen LogP contribution in [0, 0.1) is 0 Å². The summed E-state index contributed by atoms with van der Waals surface area (Å²) in [5.41, 5.74) is 6.34. The van der Waals surface area contributed by atoms with Crippen LogP contribution in [0.2, 0.25) is 5.02 Å². The number of hydrogen-bond acceptors (Lipinski definition) is 3.